The molecule has 3 aliphatic rings. The first-order valence-electron chi connectivity index (χ1n) is 8.98. The molecule has 4 nitrogen and oxygen atoms in total. The summed E-state index contributed by atoms with van der Waals surface area (Å²) in [6.07, 6.45) is 6.39. The number of benzene rings is 1. The molecule has 1 spiro atoms. The minimum absolute atomic E-state index is 0.0334. The second-order valence-electron chi connectivity index (χ2n) is 8.16. The summed E-state index contributed by atoms with van der Waals surface area (Å²) in [5.41, 5.74) is 2.87. The number of nitrogens with zero attached hydrogens (tertiary/aromatic N) is 3. The van der Waals surface area contributed by atoms with E-state index in [-0.39, 0.29) is 22.4 Å². The Balaban J connectivity index is 2.05. The van der Waals surface area contributed by atoms with E-state index in [0.717, 1.165) is 48.9 Å². The molecule has 126 valence electrons. The molecule has 1 saturated carbocycles. The summed E-state index contributed by atoms with van der Waals surface area (Å²) in [4.78, 5) is 15.4. The van der Waals surface area contributed by atoms with E-state index >= 15 is 0 Å². The topological polar surface area (TPSA) is 67.9 Å². The number of carbonyl (C=O) groups excluding carboxylic acids is 1. The van der Waals surface area contributed by atoms with Gasteiger partial charge in [-0.2, -0.15) is 10.5 Å². The van der Waals surface area contributed by atoms with Crippen molar-refractivity contribution in [3.05, 3.63) is 34.9 Å². The number of hydrogen-bond acceptors (Lipinski definition) is 3. The van der Waals surface area contributed by atoms with Crippen LogP contribution in [-0.2, 0) is 10.2 Å². The summed E-state index contributed by atoms with van der Waals surface area (Å²) >= 11 is 0. The molecule has 1 amide bonds. The van der Waals surface area contributed by atoms with Crippen LogP contribution in [0.4, 0.5) is 5.69 Å². The fourth-order valence-electron chi connectivity index (χ4n) is 5.30. The highest BCUT2D eigenvalue weighted by molar-refractivity contribution is 6.35. The van der Waals surface area contributed by atoms with Gasteiger partial charge in [0.25, 0.3) is 5.91 Å². The van der Waals surface area contributed by atoms with Crippen LogP contribution in [0.3, 0.4) is 0 Å². The van der Waals surface area contributed by atoms with Crippen LogP contribution in [-0.4, -0.2) is 11.4 Å². The van der Waals surface area contributed by atoms with Gasteiger partial charge in [-0.25, -0.2) is 0 Å². The van der Waals surface area contributed by atoms with Crippen molar-refractivity contribution in [3.8, 4) is 12.1 Å². The minimum atomic E-state index is -0.181. The van der Waals surface area contributed by atoms with Crippen LogP contribution < -0.4 is 4.90 Å². The summed E-state index contributed by atoms with van der Waals surface area (Å²) in [5, 5.41) is 18.8. The maximum atomic E-state index is 13.4. The Morgan fingerprint density at radius 2 is 1.80 bits per heavy atom. The standard InChI is InChI=1S/C21H21N3O/c1-20(2)13-21(9-4-3-5-10-21)24-18-15(7-6-8-16(18)20)17(19(24)25)14(11-22)12-23/h6-8H,3-5,9-10,13H2,1-2H3. The monoisotopic (exact) mass is 331 g/mol. The average Bonchev–Trinajstić information content (AvgIpc) is 2.89. The predicted octanol–water partition coefficient (Wildman–Crippen LogP) is 4.22. The smallest absolute Gasteiger partial charge is 0.261 e. The van der Waals surface area contributed by atoms with Crippen LogP contribution >= 0.6 is 0 Å². The van der Waals surface area contributed by atoms with Crippen LogP contribution in [0.2, 0.25) is 0 Å². The summed E-state index contributed by atoms with van der Waals surface area (Å²) in [5.74, 6) is -0.155. The van der Waals surface area contributed by atoms with E-state index in [1.807, 2.05) is 29.2 Å². The van der Waals surface area contributed by atoms with Gasteiger partial charge in [-0.1, -0.05) is 51.3 Å². The van der Waals surface area contributed by atoms with Gasteiger partial charge in [-0.05, 0) is 30.2 Å². The Labute approximate surface area is 148 Å². The van der Waals surface area contributed by atoms with E-state index in [1.165, 1.54) is 6.42 Å². The molecule has 0 saturated heterocycles. The lowest BCUT2D eigenvalue weighted by atomic mass is 9.64. The third kappa shape index (κ3) is 2.01. The van der Waals surface area contributed by atoms with Crippen LogP contribution in [0, 0.1) is 22.7 Å². The zero-order chi connectivity index (χ0) is 17.8. The fourth-order valence-corrected chi connectivity index (χ4v) is 5.30. The molecule has 1 aromatic carbocycles. The van der Waals surface area contributed by atoms with Crippen LogP contribution in [0.25, 0.3) is 5.57 Å². The minimum Gasteiger partial charge on any atom is -0.301 e. The van der Waals surface area contributed by atoms with E-state index < -0.39 is 0 Å². The van der Waals surface area contributed by atoms with Crippen molar-refractivity contribution in [1.82, 2.24) is 0 Å². The van der Waals surface area contributed by atoms with Crippen molar-refractivity contribution in [2.24, 2.45) is 0 Å². The molecular weight excluding hydrogens is 310 g/mol. The highest BCUT2D eigenvalue weighted by Gasteiger charge is 2.55. The number of anilines is 1. The number of rotatable bonds is 0. The van der Waals surface area contributed by atoms with Gasteiger partial charge in [0.05, 0.1) is 11.3 Å². The summed E-state index contributed by atoms with van der Waals surface area (Å²) in [7, 11) is 0. The van der Waals surface area contributed by atoms with Crippen molar-refractivity contribution < 1.29 is 4.79 Å². The maximum Gasteiger partial charge on any atom is 0.261 e. The molecule has 4 rings (SSSR count). The molecule has 0 aromatic heterocycles. The van der Waals surface area contributed by atoms with Gasteiger partial charge >= 0.3 is 0 Å². The number of fused-ring (bicyclic) bond motifs is 1. The highest BCUT2D eigenvalue weighted by atomic mass is 16.2. The normalized spacial score (nSPS) is 22.3. The Morgan fingerprint density at radius 3 is 2.44 bits per heavy atom. The van der Waals surface area contributed by atoms with Gasteiger partial charge in [0.15, 0.2) is 0 Å². The van der Waals surface area contributed by atoms with Gasteiger partial charge in [0.1, 0.15) is 17.7 Å². The number of para-hydroxylation sites is 1. The first-order chi connectivity index (χ1) is 11.9. The molecule has 1 aliphatic carbocycles. The Hall–Kier alpha value is -2.59. The summed E-state index contributed by atoms with van der Waals surface area (Å²) < 4.78 is 0. The van der Waals surface area contributed by atoms with E-state index in [4.69, 9.17) is 0 Å². The van der Waals surface area contributed by atoms with E-state index in [0.29, 0.717) is 5.57 Å². The first kappa shape index (κ1) is 15.9. The van der Waals surface area contributed by atoms with Crippen molar-refractivity contribution in [2.45, 2.75) is 63.3 Å². The fraction of sp³-hybridized carbons (Fsp3) is 0.476. The second-order valence-corrected chi connectivity index (χ2v) is 8.16. The third-order valence-corrected chi connectivity index (χ3v) is 6.18. The number of carbonyl (C=O) groups is 1. The van der Waals surface area contributed by atoms with Gasteiger partial charge < -0.3 is 4.90 Å². The number of amides is 1. The predicted molar refractivity (Wildman–Crippen MR) is 95.5 cm³/mol. The number of allylic oxidation sites excluding steroid dienone is 1. The summed E-state index contributed by atoms with van der Waals surface area (Å²) in [6, 6.07) is 9.79. The molecule has 0 N–H and O–H groups in total. The van der Waals surface area contributed by atoms with Gasteiger partial charge in [0.2, 0.25) is 0 Å². The Kier molecular flexibility index (Phi) is 3.31. The molecule has 2 aliphatic heterocycles. The molecule has 2 heterocycles. The Morgan fingerprint density at radius 1 is 1.12 bits per heavy atom. The lowest BCUT2D eigenvalue weighted by Crippen LogP contribution is -2.57. The van der Waals surface area contributed by atoms with E-state index in [9.17, 15) is 15.3 Å². The molecule has 0 atom stereocenters. The van der Waals surface area contributed by atoms with Gasteiger partial charge in [0, 0.05) is 11.1 Å². The van der Waals surface area contributed by atoms with E-state index in [2.05, 4.69) is 19.9 Å². The quantitative estimate of drug-likeness (QED) is 0.528. The molecule has 1 aromatic rings. The molecule has 0 bridgehead atoms. The van der Waals surface area contributed by atoms with Crippen molar-refractivity contribution in [2.75, 3.05) is 4.90 Å². The van der Waals surface area contributed by atoms with Crippen molar-refractivity contribution in [3.63, 3.8) is 0 Å². The zero-order valence-corrected chi connectivity index (χ0v) is 14.7. The average molecular weight is 331 g/mol. The second kappa shape index (κ2) is 5.20. The SMILES string of the molecule is CC1(C)CC2(CCCCC2)N2C(=O)C(=C(C#N)C#N)c3cccc1c32. The van der Waals surface area contributed by atoms with Crippen molar-refractivity contribution >= 4 is 17.2 Å². The molecule has 25 heavy (non-hydrogen) atoms. The third-order valence-electron chi connectivity index (χ3n) is 6.18. The zero-order valence-electron chi connectivity index (χ0n) is 14.7. The molecule has 0 unspecified atom stereocenters. The molecule has 4 heteroatoms. The van der Waals surface area contributed by atoms with E-state index in [1.54, 1.807) is 0 Å². The van der Waals surface area contributed by atoms with Gasteiger partial charge in [-0.3, -0.25) is 4.79 Å². The number of nitriles is 2. The summed E-state index contributed by atoms with van der Waals surface area (Å²) in [6.45, 7) is 4.50. The molecule has 0 radical (unpaired) electrons. The lowest BCUT2D eigenvalue weighted by molar-refractivity contribution is -0.114. The highest BCUT2D eigenvalue weighted by Crippen LogP contribution is 2.57. The van der Waals surface area contributed by atoms with Crippen LogP contribution in [0.1, 0.15) is 63.5 Å². The lowest BCUT2D eigenvalue weighted by Gasteiger charge is -2.53. The Bertz CT molecular complexity index is 873. The number of hydrogen-bond donors (Lipinski definition) is 0. The van der Waals surface area contributed by atoms with Crippen molar-refractivity contribution in [1.29, 1.82) is 10.5 Å². The van der Waals surface area contributed by atoms with Gasteiger partial charge in [-0.15, -0.1) is 0 Å². The largest absolute Gasteiger partial charge is 0.301 e. The van der Waals surface area contributed by atoms with Crippen LogP contribution in [0.5, 0.6) is 0 Å². The maximum absolute atomic E-state index is 13.4. The molecular formula is C21H21N3O. The first-order valence-corrected chi connectivity index (χ1v) is 8.98. The molecule has 1 fully saturated rings. The van der Waals surface area contributed by atoms with Crippen LogP contribution in [0.15, 0.2) is 23.8 Å².